The number of benzene rings is 3. The van der Waals surface area contributed by atoms with E-state index in [1.165, 1.54) is 10.8 Å². The maximum Gasteiger partial charge on any atom is 0.240 e. The van der Waals surface area contributed by atoms with Gasteiger partial charge in [0.05, 0.1) is 11.8 Å². The summed E-state index contributed by atoms with van der Waals surface area (Å²) < 4.78 is 0. The van der Waals surface area contributed by atoms with Crippen molar-refractivity contribution in [3.8, 4) is 0 Å². The zero-order chi connectivity index (χ0) is 16.5. The van der Waals surface area contributed by atoms with Gasteiger partial charge in [0.1, 0.15) is 0 Å². The van der Waals surface area contributed by atoms with Gasteiger partial charge in [0.2, 0.25) is 5.91 Å². The Kier molecular flexibility index (Phi) is 3.62. The lowest BCUT2D eigenvalue weighted by molar-refractivity contribution is -0.130. The monoisotopic (exact) mass is 314 g/mol. The Morgan fingerprint density at radius 1 is 0.958 bits per heavy atom. The standard InChI is InChI=1S/C21H18N2O/c1-15(24)23-21(17-9-3-2-4-10-17)14-20(22-23)19-13-7-11-16-8-5-6-12-18(16)19/h2-13,21H,14H2,1H3. The fraction of sp³-hybridized carbons (Fsp3) is 0.143. The van der Waals surface area contributed by atoms with E-state index in [9.17, 15) is 4.79 Å². The third-order valence-electron chi connectivity index (χ3n) is 4.52. The van der Waals surface area contributed by atoms with Gasteiger partial charge in [0.15, 0.2) is 0 Å². The molecular weight excluding hydrogens is 296 g/mol. The van der Waals surface area contributed by atoms with Gasteiger partial charge in [-0.2, -0.15) is 5.10 Å². The van der Waals surface area contributed by atoms with Crippen molar-refractivity contribution in [2.45, 2.75) is 19.4 Å². The van der Waals surface area contributed by atoms with Crippen molar-refractivity contribution >= 4 is 22.4 Å². The fourth-order valence-electron chi connectivity index (χ4n) is 3.38. The Labute approximate surface area is 141 Å². The summed E-state index contributed by atoms with van der Waals surface area (Å²) in [5, 5.41) is 8.65. The average molecular weight is 314 g/mol. The van der Waals surface area contributed by atoms with Crippen molar-refractivity contribution in [1.82, 2.24) is 5.01 Å². The summed E-state index contributed by atoms with van der Waals surface area (Å²) in [4.78, 5) is 12.1. The first-order valence-corrected chi connectivity index (χ1v) is 8.14. The topological polar surface area (TPSA) is 32.7 Å². The maximum absolute atomic E-state index is 12.1. The number of hydrazone groups is 1. The number of hydrogen-bond acceptors (Lipinski definition) is 2. The van der Waals surface area contributed by atoms with Crippen molar-refractivity contribution in [3.63, 3.8) is 0 Å². The molecule has 3 heteroatoms. The number of nitrogens with zero attached hydrogens (tertiary/aromatic N) is 2. The number of carbonyl (C=O) groups is 1. The lowest BCUT2D eigenvalue weighted by Crippen LogP contribution is -2.24. The molecule has 3 aromatic carbocycles. The van der Waals surface area contributed by atoms with Crippen molar-refractivity contribution in [2.24, 2.45) is 5.10 Å². The molecule has 1 atom stereocenters. The van der Waals surface area contributed by atoms with Crippen molar-refractivity contribution < 1.29 is 4.79 Å². The van der Waals surface area contributed by atoms with Gasteiger partial charge >= 0.3 is 0 Å². The molecule has 0 radical (unpaired) electrons. The highest BCUT2D eigenvalue weighted by Crippen LogP contribution is 2.34. The van der Waals surface area contributed by atoms with E-state index in [1.807, 2.05) is 36.4 Å². The largest absolute Gasteiger partial charge is 0.273 e. The minimum Gasteiger partial charge on any atom is -0.273 e. The predicted molar refractivity (Wildman–Crippen MR) is 96.8 cm³/mol. The first kappa shape index (κ1) is 14.6. The summed E-state index contributed by atoms with van der Waals surface area (Å²) in [7, 11) is 0. The number of hydrogen-bond donors (Lipinski definition) is 0. The molecule has 0 saturated heterocycles. The minimum absolute atomic E-state index is 0.0286. The Morgan fingerprint density at radius 2 is 1.67 bits per heavy atom. The van der Waals surface area contributed by atoms with Crippen molar-refractivity contribution in [3.05, 3.63) is 83.9 Å². The molecule has 0 aromatic heterocycles. The van der Waals surface area contributed by atoms with Crippen LogP contribution in [0.5, 0.6) is 0 Å². The highest BCUT2D eigenvalue weighted by molar-refractivity contribution is 6.12. The van der Waals surface area contributed by atoms with Crippen molar-refractivity contribution in [1.29, 1.82) is 0 Å². The average Bonchev–Trinajstić information content (AvgIpc) is 3.07. The molecule has 0 N–H and O–H groups in total. The number of rotatable bonds is 2. The quantitative estimate of drug-likeness (QED) is 0.683. The van der Waals surface area contributed by atoms with E-state index in [0.717, 1.165) is 23.3 Å². The minimum atomic E-state index is -0.0299. The molecule has 1 unspecified atom stereocenters. The number of fused-ring (bicyclic) bond motifs is 1. The molecule has 0 fully saturated rings. The second-order valence-corrected chi connectivity index (χ2v) is 6.07. The summed E-state index contributed by atoms with van der Waals surface area (Å²) in [5.41, 5.74) is 3.19. The summed E-state index contributed by atoms with van der Waals surface area (Å²) in [6, 6.07) is 24.6. The van der Waals surface area contributed by atoms with Gasteiger partial charge in [-0.15, -0.1) is 0 Å². The second-order valence-electron chi connectivity index (χ2n) is 6.07. The third-order valence-corrected chi connectivity index (χ3v) is 4.52. The molecule has 1 heterocycles. The van der Waals surface area contributed by atoms with Gasteiger partial charge in [-0.25, -0.2) is 5.01 Å². The van der Waals surface area contributed by atoms with Crippen LogP contribution in [0.4, 0.5) is 0 Å². The number of carbonyl (C=O) groups excluding carboxylic acids is 1. The molecule has 24 heavy (non-hydrogen) atoms. The van der Waals surface area contributed by atoms with Crippen LogP contribution in [-0.4, -0.2) is 16.6 Å². The highest BCUT2D eigenvalue weighted by atomic mass is 16.2. The van der Waals surface area contributed by atoms with Crippen LogP contribution in [0, 0.1) is 0 Å². The smallest absolute Gasteiger partial charge is 0.240 e. The van der Waals surface area contributed by atoms with Gasteiger partial charge < -0.3 is 0 Å². The zero-order valence-corrected chi connectivity index (χ0v) is 13.5. The van der Waals surface area contributed by atoms with E-state index in [2.05, 4.69) is 41.5 Å². The van der Waals surface area contributed by atoms with Gasteiger partial charge in [-0.3, -0.25) is 4.79 Å². The molecule has 0 aliphatic carbocycles. The van der Waals surface area contributed by atoms with E-state index in [-0.39, 0.29) is 11.9 Å². The predicted octanol–water partition coefficient (Wildman–Crippen LogP) is 4.54. The van der Waals surface area contributed by atoms with Crippen LogP contribution >= 0.6 is 0 Å². The van der Waals surface area contributed by atoms with Gasteiger partial charge in [0.25, 0.3) is 0 Å². The van der Waals surface area contributed by atoms with Gasteiger partial charge in [0, 0.05) is 18.9 Å². The Balaban J connectivity index is 1.79. The first-order valence-electron chi connectivity index (χ1n) is 8.14. The van der Waals surface area contributed by atoms with Crippen LogP contribution in [0.15, 0.2) is 77.9 Å². The van der Waals surface area contributed by atoms with Crippen molar-refractivity contribution in [2.75, 3.05) is 0 Å². The highest BCUT2D eigenvalue weighted by Gasteiger charge is 2.31. The van der Waals surface area contributed by atoms with E-state index < -0.39 is 0 Å². The third kappa shape index (κ3) is 2.48. The van der Waals surface area contributed by atoms with E-state index in [4.69, 9.17) is 0 Å². The Morgan fingerprint density at radius 3 is 2.46 bits per heavy atom. The Bertz CT molecular complexity index is 925. The molecule has 1 aliphatic rings. The van der Waals surface area contributed by atoms with E-state index in [1.54, 1.807) is 11.9 Å². The lowest BCUT2D eigenvalue weighted by atomic mass is 9.95. The van der Waals surface area contributed by atoms with Crippen LogP contribution in [-0.2, 0) is 4.79 Å². The normalized spacial score (nSPS) is 17.1. The molecule has 3 aromatic rings. The number of amides is 1. The molecule has 118 valence electrons. The second kappa shape index (κ2) is 5.93. The summed E-state index contributed by atoms with van der Waals surface area (Å²) in [5.74, 6) is -0.0286. The van der Waals surface area contributed by atoms with E-state index in [0.29, 0.717) is 0 Å². The molecule has 0 bridgehead atoms. The Hall–Kier alpha value is -2.94. The molecule has 4 rings (SSSR count). The molecule has 3 nitrogen and oxygen atoms in total. The molecular formula is C21H18N2O. The summed E-state index contributed by atoms with van der Waals surface area (Å²) in [6.45, 7) is 1.57. The summed E-state index contributed by atoms with van der Waals surface area (Å²) in [6.07, 6.45) is 0.734. The molecule has 0 spiro atoms. The molecule has 1 aliphatic heterocycles. The maximum atomic E-state index is 12.1. The zero-order valence-electron chi connectivity index (χ0n) is 13.5. The van der Waals surface area contributed by atoms with Gasteiger partial charge in [-0.1, -0.05) is 72.8 Å². The lowest BCUT2D eigenvalue weighted by Gasteiger charge is -2.20. The van der Waals surface area contributed by atoms with E-state index >= 15 is 0 Å². The fourth-order valence-corrected chi connectivity index (χ4v) is 3.38. The van der Waals surface area contributed by atoms with Gasteiger partial charge in [-0.05, 0) is 16.3 Å². The van der Waals surface area contributed by atoms with Crippen LogP contribution in [0.1, 0.15) is 30.5 Å². The molecule has 0 saturated carbocycles. The van der Waals surface area contributed by atoms with Crippen LogP contribution in [0.3, 0.4) is 0 Å². The van der Waals surface area contributed by atoms with Crippen LogP contribution < -0.4 is 0 Å². The first-order chi connectivity index (χ1) is 11.7. The van der Waals surface area contributed by atoms with Crippen LogP contribution in [0.2, 0.25) is 0 Å². The van der Waals surface area contributed by atoms with Crippen LogP contribution in [0.25, 0.3) is 10.8 Å². The molecule has 1 amide bonds. The summed E-state index contributed by atoms with van der Waals surface area (Å²) >= 11 is 0. The SMILES string of the molecule is CC(=O)N1N=C(c2cccc3ccccc23)CC1c1ccccc1.